The monoisotopic (exact) mass is 452 g/mol. The van der Waals surface area contributed by atoms with E-state index in [0.29, 0.717) is 32.4 Å². The molecule has 162 valence electrons. The van der Waals surface area contributed by atoms with Crippen LogP contribution in [0.15, 0.2) is 41.2 Å². The fraction of sp³-hybridized carbons (Fsp3) is 0.400. The lowest BCUT2D eigenvalue weighted by molar-refractivity contribution is -0.141. The molecule has 0 aliphatic carbocycles. The van der Waals surface area contributed by atoms with Crippen molar-refractivity contribution in [1.29, 1.82) is 0 Å². The smallest absolute Gasteiger partial charge is 0.322 e. The lowest BCUT2D eigenvalue weighted by atomic mass is 10.1. The predicted octanol–water partition coefficient (Wildman–Crippen LogP) is 1.46. The molecule has 1 fully saturated rings. The number of likely N-dealkylation sites (tertiary alicyclic amines) is 1. The highest BCUT2D eigenvalue weighted by Gasteiger charge is 2.37. The van der Waals surface area contributed by atoms with E-state index in [4.69, 9.17) is 5.11 Å². The third kappa shape index (κ3) is 6.51. The van der Waals surface area contributed by atoms with Gasteiger partial charge in [-0.1, -0.05) is 30.3 Å². The van der Waals surface area contributed by atoms with Crippen LogP contribution in [0.3, 0.4) is 0 Å². The number of carbonyl (C=O) groups is 3. The molecule has 1 aliphatic heterocycles. The minimum Gasteiger partial charge on any atom is -0.480 e. The van der Waals surface area contributed by atoms with Gasteiger partial charge in [0.25, 0.3) is 0 Å². The van der Waals surface area contributed by atoms with E-state index in [-0.39, 0.29) is 18.3 Å². The molecule has 1 aromatic carbocycles. The van der Waals surface area contributed by atoms with Gasteiger partial charge in [0, 0.05) is 24.9 Å². The largest absolute Gasteiger partial charge is 0.480 e. The first kappa shape index (κ1) is 23.8. The third-order valence-corrected chi connectivity index (χ3v) is 5.48. The van der Waals surface area contributed by atoms with Crippen LogP contribution >= 0.6 is 23.7 Å². The van der Waals surface area contributed by atoms with Crippen molar-refractivity contribution in [2.75, 3.05) is 13.1 Å². The number of benzene rings is 1. The van der Waals surface area contributed by atoms with Crippen LogP contribution in [0.4, 0.5) is 0 Å². The molecule has 2 heterocycles. The Morgan fingerprint density at radius 2 is 2.03 bits per heavy atom. The fourth-order valence-corrected chi connectivity index (χ4v) is 3.99. The SMILES string of the molecule is Cl.O=C(O)CNC(=O)[C@@H]1CCCN1C(=O)[C@H](Cc1cscn1)NCc1ccccc1. The van der Waals surface area contributed by atoms with Gasteiger partial charge in [-0.2, -0.15) is 0 Å². The Balaban J connectivity index is 0.00000320. The van der Waals surface area contributed by atoms with Crippen LogP contribution < -0.4 is 10.6 Å². The first-order chi connectivity index (χ1) is 14.0. The van der Waals surface area contributed by atoms with Gasteiger partial charge in [0.1, 0.15) is 12.6 Å². The van der Waals surface area contributed by atoms with E-state index in [9.17, 15) is 14.4 Å². The predicted molar refractivity (Wildman–Crippen MR) is 116 cm³/mol. The normalized spacial score (nSPS) is 16.5. The maximum absolute atomic E-state index is 13.3. The number of aliphatic carboxylic acids is 1. The molecular formula is C20H25ClN4O4S. The zero-order chi connectivity index (χ0) is 20.6. The molecule has 2 aromatic rings. The third-order valence-electron chi connectivity index (χ3n) is 4.84. The highest BCUT2D eigenvalue weighted by molar-refractivity contribution is 7.07. The van der Waals surface area contributed by atoms with Crippen LogP contribution in [-0.2, 0) is 27.3 Å². The number of nitrogens with zero attached hydrogens (tertiary/aromatic N) is 2. The van der Waals surface area contributed by atoms with Crippen molar-refractivity contribution in [2.45, 2.75) is 37.9 Å². The second-order valence-corrected chi connectivity index (χ2v) is 7.62. The molecule has 1 aliphatic rings. The van der Waals surface area contributed by atoms with Gasteiger partial charge in [-0.25, -0.2) is 4.98 Å². The van der Waals surface area contributed by atoms with Gasteiger partial charge in [0.2, 0.25) is 11.8 Å². The molecule has 1 saturated heterocycles. The number of carbonyl (C=O) groups excluding carboxylic acids is 2. The Kier molecular flexibility index (Phi) is 9.22. The average molecular weight is 453 g/mol. The molecule has 0 bridgehead atoms. The van der Waals surface area contributed by atoms with E-state index in [0.717, 1.165) is 11.3 Å². The van der Waals surface area contributed by atoms with Crippen molar-refractivity contribution >= 4 is 41.5 Å². The van der Waals surface area contributed by atoms with Crippen molar-refractivity contribution < 1.29 is 19.5 Å². The maximum Gasteiger partial charge on any atom is 0.322 e. The van der Waals surface area contributed by atoms with E-state index >= 15 is 0 Å². The van der Waals surface area contributed by atoms with Gasteiger partial charge >= 0.3 is 5.97 Å². The summed E-state index contributed by atoms with van der Waals surface area (Å²) >= 11 is 1.47. The molecule has 3 N–H and O–H groups in total. The molecule has 1 aromatic heterocycles. The van der Waals surface area contributed by atoms with Gasteiger partial charge in [-0.05, 0) is 18.4 Å². The van der Waals surface area contributed by atoms with E-state index in [1.807, 2.05) is 35.7 Å². The van der Waals surface area contributed by atoms with Crippen molar-refractivity contribution in [3.63, 3.8) is 0 Å². The number of hydrogen-bond acceptors (Lipinski definition) is 6. The van der Waals surface area contributed by atoms with Crippen molar-refractivity contribution in [3.05, 3.63) is 52.5 Å². The van der Waals surface area contributed by atoms with Gasteiger partial charge in [-0.15, -0.1) is 23.7 Å². The summed E-state index contributed by atoms with van der Waals surface area (Å²) in [6, 6.07) is 8.62. The highest BCUT2D eigenvalue weighted by atomic mass is 35.5. The van der Waals surface area contributed by atoms with Crippen LogP contribution in [-0.4, -0.2) is 57.9 Å². The second-order valence-electron chi connectivity index (χ2n) is 6.90. The van der Waals surface area contributed by atoms with Crippen LogP contribution in [0, 0.1) is 0 Å². The van der Waals surface area contributed by atoms with Crippen molar-refractivity contribution in [3.8, 4) is 0 Å². The maximum atomic E-state index is 13.3. The standard InChI is InChI=1S/C20H24N4O4S.ClH/c25-18(26)11-22-19(27)17-7-4-8-24(17)20(28)16(9-15-12-29-13-23-15)21-10-14-5-2-1-3-6-14;/h1-3,5-6,12-13,16-17,21H,4,7-11H2,(H,22,27)(H,25,26);1H/t16-,17-;/m0./s1. The van der Waals surface area contributed by atoms with Crippen LogP contribution in [0.1, 0.15) is 24.1 Å². The number of hydrogen-bond donors (Lipinski definition) is 3. The van der Waals surface area contributed by atoms with E-state index in [2.05, 4.69) is 15.6 Å². The number of nitrogens with one attached hydrogen (secondary N) is 2. The Hall–Kier alpha value is -2.49. The van der Waals surface area contributed by atoms with Crippen LogP contribution in [0.5, 0.6) is 0 Å². The summed E-state index contributed by atoms with van der Waals surface area (Å²) in [4.78, 5) is 42.2. The lowest BCUT2D eigenvalue weighted by Gasteiger charge is -2.28. The number of halogens is 1. The molecule has 2 atom stereocenters. The van der Waals surface area contributed by atoms with E-state index < -0.39 is 30.5 Å². The molecule has 2 amide bonds. The first-order valence-corrected chi connectivity index (χ1v) is 10.4. The average Bonchev–Trinajstić information content (AvgIpc) is 3.41. The van der Waals surface area contributed by atoms with Gasteiger partial charge in [0.05, 0.1) is 17.2 Å². The number of carboxylic acids is 1. The van der Waals surface area contributed by atoms with Crippen LogP contribution in [0.25, 0.3) is 0 Å². The number of amides is 2. The van der Waals surface area contributed by atoms with E-state index in [1.165, 1.54) is 11.3 Å². The van der Waals surface area contributed by atoms with Crippen LogP contribution in [0.2, 0.25) is 0 Å². The molecule has 0 saturated carbocycles. The summed E-state index contributed by atoms with van der Waals surface area (Å²) in [5.41, 5.74) is 3.60. The Bertz CT molecular complexity index is 835. The van der Waals surface area contributed by atoms with Gasteiger partial charge < -0.3 is 20.6 Å². The van der Waals surface area contributed by atoms with E-state index in [1.54, 1.807) is 10.4 Å². The number of carboxylic acid groups (broad SMARTS) is 1. The number of aromatic nitrogens is 1. The summed E-state index contributed by atoms with van der Waals surface area (Å²) in [7, 11) is 0. The zero-order valence-electron chi connectivity index (χ0n) is 16.3. The zero-order valence-corrected chi connectivity index (χ0v) is 18.0. The molecule has 30 heavy (non-hydrogen) atoms. The Labute approximate surface area is 185 Å². The van der Waals surface area contributed by atoms with Gasteiger partial charge in [-0.3, -0.25) is 14.4 Å². The van der Waals surface area contributed by atoms with Crippen molar-refractivity contribution in [1.82, 2.24) is 20.5 Å². The molecule has 0 spiro atoms. The Morgan fingerprint density at radius 1 is 1.27 bits per heavy atom. The summed E-state index contributed by atoms with van der Waals surface area (Å²) in [6.45, 7) is 0.543. The topological polar surface area (TPSA) is 112 Å². The summed E-state index contributed by atoms with van der Waals surface area (Å²) < 4.78 is 0. The molecule has 0 unspecified atom stereocenters. The molecule has 3 rings (SSSR count). The molecular weight excluding hydrogens is 428 g/mol. The van der Waals surface area contributed by atoms with Gasteiger partial charge in [0.15, 0.2) is 0 Å². The summed E-state index contributed by atoms with van der Waals surface area (Å²) in [5, 5.41) is 16.4. The first-order valence-electron chi connectivity index (χ1n) is 9.49. The summed E-state index contributed by atoms with van der Waals surface area (Å²) in [6.07, 6.45) is 1.66. The molecule has 8 nitrogen and oxygen atoms in total. The second kappa shape index (κ2) is 11.6. The fourth-order valence-electron chi connectivity index (χ4n) is 3.41. The molecule has 0 radical (unpaired) electrons. The lowest BCUT2D eigenvalue weighted by Crippen LogP contribution is -2.53. The quantitative estimate of drug-likeness (QED) is 0.531. The minimum atomic E-state index is -1.11. The summed E-state index contributed by atoms with van der Waals surface area (Å²) in [5.74, 6) is -1.70. The minimum absolute atomic E-state index is 0. The number of rotatable bonds is 9. The molecule has 10 heteroatoms. The Morgan fingerprint density at radius 3 is 2.70 bits per heavy atom. The number of thiazole rings is 1. The highest BCUT2D eigenvalue weighted by Crippen LogP contribution is 2.20. The van der Waals surface area contributed by atoms with Crippen molar-refractivity contribution in [2.24, 2.45) is 0 Å².